The highest BCUT2D eigenvalue weighted by atomic mass is 32.2. The first kappa shape index (κ1) is 21.3. The predicted molar refractivity (Wildman–Crippen MR) is 115 cm³/mol. The Hall–Kier alpha value is -1.38. The monoisotopic (exact) mass is 422 g/mol. The molecule has 0 N–H and O–H groups in total. The van der Waals surface area contributed by atoms with Gasteiger partial charge in [0.25, 0.3) is 0 Å². The third kappa shape index (κ3) is 5.36. The van der Waals surface area contributed by atoms with Crippen molar-refractivity contribution in [2.75, 3.05) is 31.9 Å². The minimum atomic E-state index is 0.106. The van der Waals surface area contributed by atoms with Gasteiger partial charge in [-0.05, 0) is 13.8 Å². The van der Waals surface area contributed by atoms with Crippen molar-refractivity contribution in [2.45, 2.75) is 52.3 Å². The number of amides is 1. The Labute approximate surface area is 175 Å². The van der Waals surface area contributed by atoms with Crippen molar-refractivity contribution in [3.8, 4) is 0 Å². The maximum Gasteiger partial charge on any atom is 0.232 e. The molecule has 1 aliphatic rings. The van der Waals surface area contributed by atoms with Crippen molar-refractivity contribution in [3.05, 3.63) is 33.1 Å². The van der Waals surface area contributed by atoms with Crippen LogP contribution in [0.15, 0.2) is 9.90 Å². The summed E-state index contributed by atoms with van der Waals surface area (Å²) in [5.74, 6) is 2.35. The molecule has 0 radical (unpaired) electrons. The summed E-state index contributed by atoms with van der Waals surface area (Å²) in [6.45, 7) is 14.7. The molecule has 1 fully saturated rings. The third-order valence-corrected chi connectivity index (χ3v) is 7.22. The van der Waals surface area contributed by atoms with Crippen molar-refractivity contribution >= 4 is 29.0 Å². The molecule has 8 heteroatoms. The van der Waals surface area contributed by atoms with Gasteiger partial charge in [0.15, 0.2) is 0 Å². The van der Waals surface area contributed by atoms with Crippen LogP contribution >= 0.6 is 23.1 Å². The number of aryl methyl sites for hydroxylation is 2. The zero-order valence-electron chi connectivity index (χ0n) is 17.4. The molecule has 6 nitrogen and oxygen atoms in total. The smallest absolute Gasteiger partial charge is 0.232 e. The molecule has 154 valence electrons. The van der Waals surface area contributed by atoms with Gasteiger partial charge in [-0.3, -0.25) is 9.69 Å². The number of piperazine rings is 1. The molecule has 28 heavy (non-hydrogen) atoms. The van der Waals surface area contributed by atoms with Gasteiger partial charge in [0.2, 0.25) is 5.91 Å². The van der Waals surface area contributed by atoms with Crippen LogP contribution < -0.4 is 0 Å². The molecule has 0 aliphatic carbocycles. The van der Waals surface area contributed by atoms with Gasteiger partial charge in [-0.2, -0.15) is 0 Å². The van der Waals surface area contributed by atoms with Crippen molar-refractivity contribution in [2.24, 2.45) is 0 Å². The molecule has 0 unspecified atom stereocenters. The van der Waals surface area contributed by atoms with E-state index in [0.29, 0.717) is 5.75 Å². The van der Waals surface area contributed by atoms with E-state index < -0.39 is 0 Å². The molecule has 1 saturated heterocycles. The van der Waals surface area contributed by atoms with Crippen LogP contribution in [0.5, 0.6) is 0 Å². The topological polar surface area (TPSA) is 62.5 Å². The molecular weight excluding hydrogens is 392 g/mol. The Kier molecular flexibility index (Phi) is 6.83. The fourth-order valence-electron chi connectivity index (χ4n) is 3.15. The maximum atomic E-state index is 12.5. The van der Waals surface area contributed by atoms with Crippen LogP contribution in [0.2, 0.25) is 0 Å². The number of carbonyl (C=O) groups is 1. The van der Waals surface area contributed by atoms with Gasteiger partial charge in [0.05, 0.1) is 22.1 Å². The van der Waals surface area contributed by atoms with E-state index >= 15 is 0 Å². The Bertz CT molecular complexity index is 782. The molecule has 0 aromatic carbocycles. The molecule has 2 aromatic rings. The minimum absolute atomic E-state index is 0.106. The Morgan fingerprint density at radius 1 is 1.25 bits per heavy atom. The first-order valence-electron chi connectivity index (χ1n) is 9.68. The second-order valence-electron chi connectivity index (χ2n) is 8.35. The summed E-state index contributed by atoms with van der Waals surface area (Å²) < 4.78 is 5.18. The van der Waals surface area contributed by atoms with Crippen LogP contribution in [-0.4, -0.2) is 57.8 Å². The zero-order chi connectivity index (χ0) is 20.3. The van der Waals surface area contributed by atoms with E-state index in [9.17, 15) is 4.79 Å². The zero-order valence-corrected chi connectivity index (χ0v) is 19.1. The van der Waals surface area contributed by atoms with E-state index in [0.717, 1.165) is 61.2 Å². The fourth-order valence-corrected chi connectivity index (χ4v) is 5.12. The molecule has 1 aliphatic heterocycles. The van der Waals surface area contributed by atoms with Gasteiger partial charge < -0.3 is 9.42 Å². The van der Waals surface area contributed by atoms with Gasteiger partial charge in [-0.25, -0.2) is 4.98 Å². The number of rotatable bonds is 6. The maximum absolute atomic E-state index is 12.5. The van der Waals surface area contributed by atoms with Gasteiger partial charge in [-0.1, -0.05) is 25.9 Å². The molecule has 1 amide bonds. The average Bonchev–Trinajstić information content (AvgIpc) is 3.24. The lowest BCUT2D eigenvalue weighted by atomic mass is 9.98. The van der Waals surface area contributed by atoms with E-state index in [2.05, 4.69) is 36.2 Å². The second kappa shape index (κ2) is 8.97. The van der Waals surface area contributed by atoms with Gasteiger partial charge >= 0.3 is 0 Å². The number of thiazole rings is 1. The predicted octanol–water partition coefficient (Wildman–Crippen LogP) is 3.62. The van der Waals surface area contributed by atoms with Gasteiger partial charge in [-0.15, -0.1) is 23.1 Å². The van der Waals surface area contributed by atoms with E-state index in [-0.39, 0.29) is 11.3 Å². The quantitative estimate of drug-likeness (QED) is 0.708. The molecule has 0 atom stereocenters. The Morgan fingerprint density at radius 2 is 1.96 bits per heavy atom. The standard InChI is InChI=1S/C20H30N4O2S2/c1-14-17(15(2)26-22-14)12-27-13-18(25)24-8-6-23(7-9-24)10-16-11-28-19(21-16)20(3,4)5/h11H,6-10,12-13H2,1-5H3. The van der Waals surface area contributed by atoms with Crippen molar-refractivity contribution in [3.63, 3.8) is 0 Å². The Balaban J connectivity index is 1.41. The summed E-state index contributed by atoms with van der Waals surface area (Å²) in [5.41, 5.74) is 3.28. The fraction of sp³-hybridized carbons (Fsp3) is 0.650. The Morgan fingerprint density at radius 3 is 2.54 bits per heavy atom. The minimum Gasteiger partial charge on any atom is -0.361 e. The van der Waals surface area contributed by atoms with Crippen LogP contribution in [0.3, 0.4) is 0 Å². The van der Waals surface area contributed by atoms with Crippen molar-refractivity contribution in [1.29, 1.82) is 0 Å². The van der Waals surface area contributed by atoms with Crippen LogP contribution in [-0.2, 0) is 22.5 Å². The molecule has 3 heterocycles. The molecule has 0 spiro atoms. The normalized spacial score (nSPS) is 16.0. The highest BCUT2D eigenvalue weighted by molar-refractivity contribution is 7.99. The molecular formula is C20H30N4O2S2. The number of hydrogen-bond acceptors (Lipinski definition) is 7. The van der Waals surface area contributed by atoms with Gasteiger partial charge in [0.1, 0.15) is 5.76 Å². The van der Waals surface area contributed by atoms with Crippen LogP contribution in [0, 0.1) is 13.8 Å². The first-order chi connectivity index (χ1) is 13.2. The summed E-state index contributed by atoms with van der Waals surface area (Å²) in [6.07, 6.45) is 0. The summed E-state index contributed by atoms with van der Waals surface area (Å²) in [4.78, 5) is 21.7. The second-order valence-corrected chi connectivity index (χ2v) is 10.2. The number of nitrogens with zero attached hydrogens (tertiary/aromatic N) is 4. The van der Waals surface area contributed by atoms with Crippen molar-refractivity contribution < 1.29 is 9.32 Å². The average molecular weight is 423 g/mol. The number of hydrogen-bond donors (Lipinski definition) is 0. The van der Waals surface area contributed by atoms with E-state index in [1.807, 2.05) is 18.7 Å². The lowest BCUT2D eigenvalue weighted by molar-refractivity contribution is -0.130. The SMILES string of the molecule is Cc1noc(C)c1CSCC(=O)N1CCN(Cc2csc(C(C)(C)C)n2)CC1. The van der Waals surface area contributed by atoms with Crippen LogP contribution in [0.1, 0.15) is 48.5 Å². The third-order valence-electron chi connectivity index (χ3n) is 4.96. The van der Waals surface area contributed by atoms with E-state index in [1.165, 1.54) is 5.01 Å². The highest BCUT2D eigenvalue weighted by Gasteiger charge is 2.23. The summed E-state index contributed by atoms with van der Waals surface area (Å²) in [7, 11) is 0. The number of aromatic nitrogens is 2. The number of thioether (sulfide) groups is 1. The molecule has 2 aromatic heterocycles. The molecule has 3 rings (SSSR count). The van der Waals surface area contributed by atoms with E-state index in [4.69, 9.17) is 9.51 Å². The van der Waals surface area contributed by atoms with Gasteiger partial charge in [0, 0.05) is 54.8 Å². The molecule has 0 bridgehead atoms. The van der Waals surface area contributed by atoms with Crippen LogP contribution in [0.25, 0.3) is 0 Å². The lowest BCUT2D eigenvalue weighted by Crippen LogP contribution is -2.48. The highest BCUT2D eigenvalue weighted by Crippen LogP contribution is 2.26. The largest absolute Gasteiger partial charge is 0.361 e. The first-order valence-corrected chi connectivity index (χ1v) is 11.7. The lowest BCUT2D eigenvalue weighted by Gasteiger charge is -2.34. The number of carbonyl (C=O) groups excluding carboxylic acids is 1. The summed E-state index contributed by atoms with van der Waals surface area (Å²) in [6, 6.07) is 0. The van der Waals surface area contributed by atoms with Crippen LogP contribution in [0.4, 0.5) is 0 Å². The summed E-state index contributed by atoms with van der Waals surface area (Å²) in [5, 5.41) is 7.32. The summed E-state index contributed by atoms with van der Waals surface area (Å²) >= 11 is 3.38. The van der Waals surface area contributed by atoms with Crippen molar-refractivity contribution in [1.82, 2.24) is 19.9 Å². The van der Waals surface area contributed by atoms with E-state index in [1.54, 1.807) is 23.1 Å². The molecule has 0 saturated carbocycles.